The summed E-state index contributed by atoms with van der Waals surface area (Å²) in [6.45, 7) is 3.33. The summed E-state index contributed by atoms with van der Waals surface area (Å²) in [4.78, 5) is 13.0. The third-order valence-electron chi connectivity index (χ3n) is 5.98. The van der Waals surface area contributed by atoms with Gasteiger partial charge in [-0.25, -0.2) is 13.8 Å². The molecule has 0 bridgehead atoms. The molecule has 202 valence electrons. The van der Waals surface area contributed by atoms with Gasteiger partial charge in [-0.15, -0.1) is 0 Å². The van der Waals surface area contributed by atoms with Crippen LogP contribution in [0.5, 0.6) is 5.75 Å². The maximum Gasteiger partial charge on any atom is 0.264 e. The molecule has 0 radical (unpaired) electrons. The van der Waals surface area contributed by atoms with Crippen LogP contribution in [0.15, 0.2) is 88.9 Å². The van der Waals surface area contributed by atoms with Gasteiger partial charge in [0.15, 0.2) is 0 Å². The number of carbonyl (C=O) groups is 1. The number of anilines is 1. The van der Waals surface area contributed by atoms with Crippen molar-refractivity contribution in [2.24, 2.45) is 5.10 Å². The molecule has 4 rings (SSSR count). The van der Waals surface area contributed by atoms with Gasteiger partial charge in [-0.05, 0) is 74.5 Å². The van der Waals surface area contributed by atoms with E-state index in [2.05, 4.69) is 10.5 Å². The van der Waals surface area contributed by atoms with Crippen LogP contribution in [-0.2, 0) is 14.8 Å². The van der Waals surface area contributed by atoms with Crippen LogP contribution in [0.4, 0.5) is 5.69 Å². The third-order valence-corrected chi connectivity index (χ3v) is 8.24. The molecule has 39 heavy (non-hydrogen) atoms. The smallest absolute Gasteiger partial charge is 0.264 e. The number of aromatic nitrogens is 1. The van der Waals surface area contributed by atoms with Crippen LogP contribution in [0.3, 0.4) is 0 Å². The number of hydrogen-bond donors (Lipinski definition) is 1. The summed E-state index contributed by atoms with van der Waals surface area (Å²) in [7, 11) is -2.74. The Morgan fingerprint density at radius 2 is 1.67 bits per heavy atom. The van der Waals surface area contributed by atoms with E-state index in [0.717, 1.165) is 26.9 Å². The molecule has 0 aliphatic carbocycles. The number of hydrazone groups is 1. The van der Waals surface area contributed by atoms with Gasteiger partial charge in [-0.3, -0.25) is 9.10 Å². The molecule has 0 saturated carbocycles. The number of methoxy groups -OCH3 is 1. The molecular formula is C28H26Cl2N4O4S. The highest BCUT2D eigenvalue weighted by atomic mass is 35.5. The van der Waals surface area contributed by atoms with Crippen molar-refractivity contribution in [2.45, 2.75) is 18.7 Å². The molecule has 0 aliphatic heterocycles. The monoisotopic (exact) mass is 584 g/mol. The Balaban J connectivity index is 1.59. The fourth-order valence-electron chi connectivity index (χ4n) is 4.12. The Kier molecular flexibility index (Phi) is 8.64. The Hall–Kier alpha value is -3.79. The standard InChI is InChI=1S/C28H26Cl2N4O4S/c1-19-15-21(20(2)34(19)24-12-9-22(29)10-13-24)17-31-32-28(35)18-33(26-16-23(30)11-14-27(26)38-3)39(36,37)25-7-5-4-6-8-25/h4-17H,18H2,1-3H3,(H,32,35)/b31-17+. The minimum absolute atomic E-state index is 0.0120. The number of nitrogens with one attached hydrogen (secondary N) is 1. The zero-order valence-electron chi connectivity index (χ0n) is 21.4. The lowest BCUT2D eigenvalue weighted by Gasteiger charge is -2.25. The molecule has 11 heteroatoms. The van der Waals surface area contributed by atoms with Crippen molar-refractivity contribution < 1.29 is 17.9 Å². The second kappa shape index (κ2) is 11.9. The lowest BCUT2D eigenvalue weighted by atomic mass is 10.2. The lowest BCUT2D eigenvalue weighted by molar-refractivity contribution is -0.119. The highest BCUT2D eigenvalue weighted by Gasteiger charge is 2.29. The Morgan fingerprint density at radius 3 is 2.33 bits per heavy atom. The molecule has 1 N–H and O–H groups in total. The molecule has 0 unspecified atom stereocenters. The second-order valence-corrected chi connectivity index (χ2v) is 11.3. The first-order valence-electron chi connectivity index (χ1n) is 11.8. The Bertz CT molecular complexity index is 1620. The van der Waals surface area contributed by atoms with Crippen molar-refractivity contribution >= 4 is 51.0 Å². The zero-order valence-corrected chi connectivity index (χ0v) is 23.8. The quantitative estimate of drug-likeness (QED) is 0.200. The van der Waals surface area contributed by atoms with Crippen LogP contribution in [-0.4, -0.2) is 38.8 Å². The summed E-state index contributed by atoms with van der Waals surface area (Å²) in [5, 5.41) is 5.02. The van der Waals surface area contributed by atoms with E-state index in [0.29, 0.717) is 5.02 Å². The molecule has 1 heterocycles. The number of sulfonamides is 1. The molecule has 0 aliphatic rings. The third kappa shape index (κ3) is 6.27. The molecule has 8 nitrogen and oxygen atoms in total. The summed E-state index contributed by atoms with van der Waals surface area (Å²) in [6.07, 6.45) is 1.52. The summed E-state index contributed by atoms with van der Waals surface area (Å²) in [5.41, 5.74) is 6.16. The van der Waals surface area contributed by atoms with Crippen LogP contribution in [0.1, 0.15) is 17.0 Å². The van der Waals surface area contributed by atoms with Crippen molar-refractivity contribution in [3.63, 3.8) is 0 Å². The normalized spacial score (nSPS) is 11.5. The van der Waals surface area contributed by atoms with Gasteiger partial charge in [-0.1, -0.05) is 41.4 Å². The van der Waals surface area contributed by atoms with Crippen molar-refractivity contribution in [1.82, 2.24) is 9.99 Å². The summed E-state index contributed by atoms with van der Waals surface area (Å²) in [5.74, 6) is -0.413. The van der Waals surface area contributed by atoms with Gasteiger partial charge >= 0.3 is 0 Å². The van der Waals surface area contributed by atoms with Crippen LogP contribution in [0.2, 0.25) is 10.0 Å². The van der Waals surface area contributed by atoms with E-state index >= 15 is 0 Å². The minimum Gasteiger partial charge on any atom is -0.495 e. The summed E-state index contributed by atoms with van der Waals surface area (Å²) >= 11 is 12.2. The number of benzene rings is 3. The number of nitrogens with zero attached hydrogens (tertiary/aromatic N) is 3. The van der Waals surface area contributed by atoms with Crippen molar-refractivity contribution in [3.05, 3.63) is 106 Å². The predicted octanol–water partition coefficient (Wildman–Crippen LogP) is 5.76. The Morgan fingerprint density at radius 1 is 1.00 bits per heavy atom. The van der Waals surface area contributed by atoms with Crippen molar-refractivity contribution in [1.29, 1.82) is 0 Å². The number of ether oxygens (including phenoxy) is 1. The largest absolute Gasteiger partial charge is 0.495 e. The first kappa shape index (κ1) is 28.2. The van der Waals surface area contributed by atoms with Crippen LogP contribution in [0.25, 0.3) is 5.69 Å². The number of hydrogen-bond acceptors (Lipinski definition) is 5. The number of carbonyl (C=O) groups excluding carboxylic acids is 1. The zero-order chi connectivity index (χ0) is 28.2. The number of amides is 1. The van der Waals surface area contributed by atoms with Crippen LogP contribution in [0, 0.1) is 13.8 Å². The number of rotatable bonds is 9. The fourth-order valence-corrected chi connectivity index (χ4v) is 5.86. The van der Waals surface area contributed by atoms with Gasteiger partial charge in [0.2, 0.25) is 0 Å². The van der Waals surface area contributed by atoms with E-state index in [1.807, 2.05) is 48.7 Å². The average molecular weight is 586 g/mol. The fraction of sp³-hybridized carbons (Fsp3) is 0.143. The van der Waals surface area contributed by atoms with E-state index in [-0.39, 0.29) is 21.4 Å². The number of halogens is 2. The highest BCUT2D eigenvalue weighted by Crippen LogP contribution is 2.34. The highest BCUT2D eigenvalue weighted by molar-refractivity contribution is 7.92. The van der Waals surface area contributed by atoms with Gasteiger partial charge in [0, 0.05) is 32.7 Å². The summed E-state index contributed by atoms with van der Waals surface area (Å²) in [6, 6.07) is 21.7. The van der Waals surface area contributed by atoms with Gasteiger partial charge < -0.3 is 9.30 Å². The first-order chi connectivity index (χ1) is 18.6. The van der Waals surface area contributed by atoms with E-state index in [1.54, 1.807) is 24.3 Å². The molecule has 0 atom stereocenters. The molecular weight excluding hydrogens is 559 g/mol. The van der Waals surface area contributed by atoms with E-state index in [9.17, 15) is 13.2 Å². The number of aryl methyl sites for hydroxylation is 1. The molecule has 0 fully saturated rings. The summed E-state index contributed by atoms with van der Waals surface area (Å²) < 4.78 is 35.5. The maximum atomic E-state index is 13.6. The molecule has 0 spiro atoms. The van der Waals surface area contributed by atoms with Crippen molar-refractivity contribution in [3.8, 4) is 11.4 Å². The van der Waals surface area contributed by atoms with E-state index in [1.165, 1.54) is 37.6 Å². The molecule has 4 aromatic rings. The van der Waals surface area contributed by atoms with Crippen LogP contribution >= 0.6 is 23.2 Å². The van der Waals surface area contributed by atoms with E-state index < -0.39 is 22.5 Å². The van der Waals surface area contributed by atoms with Gasteiger partial charge in [0.05, 0.1) is 23.9 Å². The van der Waals surface area contributed by atoms with Gasteiger partial charge in [0.1, 0.15) is 12.3 Å². The SMILES string of the molecule is COc1ccc(Cl)cc1N(CC(=O)N/N=C/c1cc(C)n(-c2ccc(Cl)cc2)c1C)S(=O)(=O)c1ccccc1. The Labute approximate surface area is 237 Å². The van der Waals surface area contributed by atoms with Crippen molar-refractivity contribution in [2.75, 3.05) is 18.0 Å². The molecule has 0 saturated heterocycles. The van der Waals surface area contributed by atoms with Gasteiger partial charge in [0.25, 0.3) is 15.9 Å². The predicted molar refractivity (Wildman–Crippen MR) is 155 cm³/mol. The average Bonchev–Trinajstić information content (AvgIpc) is 3.20. The molecule has 1 amide bonds. The molecule has 1 aromatic heterocycles. The maximum absolute atomic E-state index is 13.6. The molecule has 3 aromatic carbocycles. The second-order valence-electron chi connectivity index (χ2n) is 8.57. The first-order valence-corrected chi connectivity index (χ1v) is 14.0. The van der Waals surface area contributed by atoms with E-state index in [4.69, 9.17) is 27.9 Å². The van der Waals surface area contributed by atoms with Gasteiger partial charge in [-0.2, -0.15) is 5.10 Å². The minimum atomic E-state index is -4.15. The van der Waals surface area contributed by atoms with Crippen LogP contribution < -0.4 is 14.5 Å². The topological polar surface area (TPSA) is 93.0 Å². The lowest BCUT2D eigenvalue weighted by Crippen LogP contribution is -2.39.